The monoisotopic (exact) mass is 242 g/mol. The molecule has 0 fully saturated rings. The van der Waals surface area contributed by atoms with Gasteiger partial charge in [-0.2, -0.15) is 0 Å². The fraction of sp³-hybridized carbons (Fsp3) is 0.0769. The van der Waals surface area contributed by atoms with Gasteiger partial charge in [-0.15, -0.1) is 0 Å². The lowest BCUT2D eigenvalue weighted by atomic mass is 10.2. The third kappa shape index (κ3) is 1.52. The summed E-state index contributed by atoms with van der Waals surface area (Å²) in [6, 6.07) is 8.06. The van der Waals surface area contributed by atoms with Crippen LogP contribution in [0.1, 0.15) is 5.56 Å². The molecule has 2 heterocycles. The third-order valence-electron chi connectivity index (χ3n) is 2.84. The average Bonchev–Trinajstić information content (AvgIpc) is 2.67. The largest absolute Gasteiger partial charge is 0.369 e. The maximum Gasteiger partial charge on any atom is 0.207 e. The van der Waals surface area contributed by atoms with Gasteiger partial charge < -0.3 is 5.73 Å². The van der Waals surface area contributed by atoms with Gasteiger partial charge in [0.2, 0.25) is 5.95 Å². The molecule has 2 N–H and O–H groups in total. The second-order valence-electron chi connectivity index (χ2n) is 4.09. The van der Waals surface area contributed by atoms with E-state index in [-0.39, 0.29) is 5.82 Å². The van der Waals surface area contributed by atoms with E-state index >= 15 is 0 Å². The molecule has 0 amide bonds. The Kier molecular flexibility index (Phi) is 2.26. The van der Waals surface area contributed by atoms with E-state index in [0.29, 0.717) is 17.3 Å². The van der Waals surface area contributed by atoms with Crippen molar-refractivity contribution in [1.82, 2.24) is 14.5 Å². The number of nitrogens with two attached hydrogens (primary N) is 1. The van der Waals surface area contributed by atoms with Crippen LogP contribution in [0.15, 0.2) is 36.5 Å². The number of aryl methyl sites for hydroxylation is 1. The number of halogens is 1. The number of imidazole rings is 1. The van der Waals surface area contributed by atoms with Crippen molar-refractivity contribution >= 4 is 17.1 Å². The Labute approximate surface area is 103 Å². The standard InChI is InChI=1S/C13H11FN4/c1-8-5-6-16-12-11(8)17-13(15)18(12)10-4-2-3-9(14)7-10/h2-7H,1H3,(H2,15,17). The van der Waals surface area contributed by atoms with Crippen LogP contribution in [-0.2, 0) is 0 Å². The van der Waals surface area contributed by atoms with Crippen LogP contribution in [0, 0.1) is 12.7 Å². The van der Waals surface area contributed by atoms with Gasteiger partial charge >= 0.3 is 0 Å². The molecule has 0 unspecified atom stereocenters. The molecular formula is C13H11FN4. The second kappa shape index (κ2) is 3.80. The number of nitrogen functional groups attached to an aromatic ring is 1. The van der Waals surface area contributed by atoms with E-state index in [2.05, 4.69) is 9.97 Å². The molecule has 0 atom stereocenters. The molecule has 0 radical (unpaired) electrons. The molecule has 2 aromatic heterocycles. The zero-order chi connectivity index (χ0) is 12.7. The minimum atomic E-state index is -0.318. The zero-order valence-electron chi connectivity index (χ0n) is 9.76. The summed E-state index contributed by atoms with van der Waals surface area (Å²) in [5.74, 6) is -0.0150. The average molecular weight is 242 g/mol. The summed E-state index contributed by atoms with van der Waals surface area (Å²) in [6.45, 7) is 1.94. The molecule has 0 saturated heterocycles. The molecule has 0 bridgehead atoms. The van der Waals surface area contributed by atoms with Crippen LogP contribution in [0.5, 0.6) is 0 Å². The van der Waals surface area contributed by atoms with Crippen molar-refractivity contribution in [2.45, 2.75) is 6.92 Å². The Bertz CT molecular complexity index is 733. The lowest BCUT2D eigenvalue weighted by molar-refractivity contribution is 0.627. The molecule has 0 aliphatic carbocycles. The van der Waals surface area contributed by atoms with E-state index in [1.165, 1.54) is 12.1 Å². The molecule has 0 aliphatic rings. The van der Waals surface area contributed by atoms with Crippen molar-refractivity contribution in [2.75, 3.05) is 5.73 Å². The molecule has 3 rings (SSSR count). The summed E-state index contributed by atoms with van der Waals surface area (Å²) >= 11 is 0. The van der Waals surface area contributed by atoms with E-state index in [1.807, 2.05) is 13.0 Å². The van der Waals surface area contributed by atoms with Gasteiger partial charge in [-0.25, -0.2) is 14.4 Å². The Hall–Kier alpha value is -2.43. The van der Waals surface area contributed by atoms with Crippen LogP contribution < -0.4 is 5.73 Å². The number of nitrogens with zero attached hydrogens (tertiary/aromatic N) is 3. The Balaban J connectivity index is 2.36. The SMILES string of the molecule is Cc1ccnc2c1nc(N)n2-c1cccc(F)c1. The number of hydrogen-bond acceptors (Lipinski definition) is 3. The summed E-state index contributed by atoms with van der Waals surface area (Å²) in [5.41, 5.74) is 8.87. The number of benzene rings is 1. The van der Waals surface area contributed by atoms with Gasteiger partial charge in [-0.3, -0.25) is 4.57 Å². The number of pyridine rings is 1. The summed E-state index contributed by atoms with van der Waals surface area (Å²) in [4.78, 5) is 8.54. The molecule has 3 aromatic rings. The first kappa shape index (κ1) is 10.7. The molecule has 0 saturated carbocycles. The van der Waals surface area contributed by atoms with Crippen LogP contribution in [-0.4, -0.2) is 14.5 Å². The minimum absolute atomic E-state index is 0.303. The number of hydrogen-bond donors (Lipinski definition) is 1. The molecule has 90 valence electrons. The highest BCUT2D eigenvalue weighted by Crippen LogP contribution is 2.23. The van der Waals surface area contributed by atoms with Gasteiger partial charge in [0.25, 0.3) is 0 Å². The first-order valence-corrected chi connectivity index (χ1v) is 5.52. The van der Waals surface area contributed by atoms with E-state index in [9.17, 15) is 4.39 Å². The van der Waals surface area contributed by atoms with Gasteiger partial charge in [0.1, 0.15) is 11.3 Å². The maximum absolute atomic E-state index is 13.3. The summed E-state index contributed by atoms with van der Waals surface area (Å²) in [7, 11) is 0. The van der Waals surface area contributed by atoms with Crippen LogP contribution in [0.4, 0.5) is 10.3 Å². The first-order chi connectivity index (χ1) is 8.66. The predicted octanol–water partition coefficient (Wildman–Crippen LogP) is 2.45. The van der Waals surface area contributed by atoms with Gasteiger partial charge in [0, 0.05) is 6.20 Å². The van der Waals surface area contributed by atoms with Crippen molar-refractivity contribution < 1.29 is 4.39 Å². The molecule has 18 heavy (non-hydrogen) atoms. The van der Waals surface area contributed by atoms with Crippen molar-refractivity contribution in [1.29, 1.82) is 0 Å². The van der Waals surface area contributed by atoms with Crippen molar-refractivity contribution in [3.63, 3.8) is 0 Å². The van der Waals surface area contributed by atoms with Crippen molar-refractivity contribution in [3.8, 4) is 5.69 Å². The lowest BCUT2D eigenvalue weighted by Gasteiger charge is -2.05. The molecule has 5 heteroatoms. The first-order valence-electron chi connectivity index (χ1n) is 5.52. The van der Waals surface area contributed by atoms with Gasteiger partial charge in [0.15, 0.2) is 5.65 Å². The Morgan fingerprint density at radius 2 is 2.11 bits per heavy atom. The topological polar surface area (TPSA) is 56.7 Å². The number of fused-ring (bicyclic) bond motifs is 1. The minimum Gasteiger partial charge on any atom is -0.369 e. The normalized spacial score (nSPS) is 11.0. The highest BCUT2D eigenvalue weighted by molar-refractivity contribution is 5.79. The zero-order valence-corrected chi connectivity index (χ0v) is 9.76. The lowest BCUT2D eigenvalue weighted by Crippen LogP contribution is -2.01. The summed E-state index contributed by atoms with van der Waals surface area (Å²) in [6.07, 6.45) is 1.69. The molecule has 0 spiro atoms. The van der Waals surface area contributed by atoms with E-state index in [1.54, 1.807) is 22.9 Å². The number of anilines is 1. The van der Waals surface area contributed by atoms with E-state index < -0.39 is 0 Å². The second-order valence-corrected chi connectivity index (χ2v) is 4.09. The quantitative estimate of drug-likeness (QED) is 0.713. The molecule has 0 aliphatic heterocycles. The summed E-state index contributed by atoms with van der Waals surface area (Å²) in [5, 5.41) is 0. The number of aromatic nitrogens is 3. The fourth-order valence-electron chi connectivity index (χ4n) is 1.98. The highest BCUT2D eigenvalue weighted by atomic mass is 19.1. The van der Waals surface area contributed by atoms with Crippen LogP contribution in [0.2, 0.25) is 0 Å². The van der Waals surface area contributed by atoms with Crippen LogP contribution in [0.3, 0.4) is 0 Å². The summed E-state index contributed by atoms with van der Waals surface area (Å²) < 4.78 is 14.9. The van der Waals surface area contributed by atoms with Crippen molar-refractivity contribution in [3.05, 3.63) is 47.9 Å². The van der Waals surface area contributed by atoms with E-state index in [4.69, 9.17) is 5.73 Å². The third-order valence-corrected chi connectivity index (χ3v) is 2.84. The highest BCUT2D eigenvalue weighted by Gasteiger charge is 2.12. The smallest absolute Gasteiger partial charge is 0.207 e. The van der Waals surface area contributed by atoms with E-state index in [0.717, 1.165) is 11.1 Å². The number of rotatable bonds is 1. The Morgan fingerprint density at radius 3 is 2.89 bits per heavy atom. The molecule has 1 aromatic carbocycles. The van der Waals surface area contributed by atoms with Crippen molar-refractivity contribution in [2.24, 2.45) is 0 Å². The fourth-order valence-corrected chi connectivity index (χ4v) is 1.98. The predicted molar refractivity (Wildman–Crippen MR) is 68.0 cm³/mol. The Morgan fingerprint density at radius 1 is 1.28 bits per heavy atom. The van der Waals surface area contributed by atoms with Gasteiger partial charge in [-0.1, -0.05) is 6.07 Å². The van der Waals surface area contributed by atoms with Crippen LogP contribution in [0.25, 0.3) is 16.9 Å². The van der Waals surface area contributed by atoms with Gasteiger partial charge in [0.05, 0.1) is 5.69 Å². The maximum atomic E-state index is 13.3. The van der Waals surface area contributed by atoms with Gasteiger partial charge in [-0.05, 0) is 36.8 Å². The molecule has 4 nitrogen and oxygen atoms in total. The van der Waals surface area contributed by atoms with Crippen LogP contribution >= 0.6 is 0 Å². The molecular weight excluding hydrogens is 231 g/mol.